The van der Waals surface area contributed by atoms with Crippen molar-refractivity contribution in [1.29, 1.82) is 0 Å². The zero-order valence-corrected chi connectivity index (χ0v) is 27.7. The summed E-state index contributed by atoms with van der Waals surface area (Å²) in [6, 6.07) is 16.2. The number of ether oxygens (including phenoxy) is 1. The lowest BCUT2D eigenvalue weighted by molar-refractivity contribution is -0.119. The lowest BCUT2D eigenvalue weighted by atomic mass is 10.1. The van der Waals surface area contributed by atoms with E-state index in [1.165, 1.54) is 42.7 Å². The fraction of sp³-hybridized carbons (Fsp3) is 0.289. The van der Waals surface area contributed by atoms with Crippen molar-refractivity contribution in [3.05, 3.63) is 114 Å². The second-order valence-electron chi connectivity index (χ2n) is 12.7. The summed E-state index contributed by atoms with van der Waals surface area (Å²) >= 11 is 0. The predicted octanol–water partition coefficient (Wildman–Crippen LogP) is 6.34. The Balaban J connectivity index is 1.16. The number of benzene rings is 3. The van der Waals surface area contributed by atoms with Crippen LogP contribution in [0.1, 0.15) is 47.3 Å². The van der Waals surface area contributed by atoms with Gasteiger partial charge in [-0.15, -0.1) is 0 Å². The molecule has 2 N–H and O–H groups in total. The van der Waals surface area contributed by atoms with Crippen molar-refractivity contribution in [3.8, 4) is 5.75 Å². The van der Waals surface area contributed by atoms with E-state index in [-0.39, 0.29) is 61.0 Å². The highest BCUT2D eigenvalue weighted by atomic mass is 19.1. The van der Waals surface area contributed by atoms with E-state index in [9.17, 15) is 22.8 Å². The predicted molar refractivity (Wildman–Crippen MR) is 186 cm³/mol. The molecule has 7 rings (SSSR count). The molecule has 3 aromatic carbocycles. The topological polar surface area (TPSA) is 118 Å². The molecular formula is C38H36F3N7O3. The van der Waals surface area contributed by atoms with Gasteiger partial charge in [0, 0.05) is 24.9 Å². The molecule has 3 aromatic heterocycles. The molecule has 1 aliphatic rings. The van der Waals surface area contributed by atoms with Crippen molar-refractivity contribution in [2.75, 3.05) is 24.6 Å². The standard InChI is InChI=1S/C38H36F3N7O3/c39-26-10-6-24(7-11-26)3-1-5-30(49)20-48-32-15-14-28(41)19-31(32)35(34(48)38(50)42-17-16-25-8-12-27(40)13-9-25)51-21-29-4-2-18-47(29)37-33-36(44-22-43-33)45-23-46-37/h6-15,19,22-23,29H,1-5,16-18,20-21H2,(H,42,50)(H,43,44,45,46)/t29-/m1/s1. The number of amides is 1. The van der Waals surface area contributed by atoms with Crippen molar-refractivity contribution in [1.82, 2.24) is 29.8 Å². The van der Waals surface area contributed by atoms with Gasteiger partial charge in [-0.1, -0.05) is 24.3 Å². The van der Waals surface area contributed by atoms with E-state index in [0.717, 1.165) is 30.5 Å². The molecule has 4 heterocycles. The quantitative estimate of drug-likeness (QED) is 0.137. The van der Waals surface area contributed by atoms with Gasteiger partial charge in [-0.05, 0) is 85.7 Å². The average Bonchev–Trinajstić information content (AvgIpc) is 3.87. The Bertz CT molecular complexity index is 2170. The Labute approximate surface area is 291 Å². The zero-order valence-electron chi connectivity index (χ0n) is 27.7. The number of carbonyl (C=O) groups excluding carboxylic acids is 2. The van der Waals surface area contributed by atoms with E-state index < -0.39 is 11.7 Å². The molecular weight excluding hydrogens is 659 g/mol. The van der Waals surface area contributed by atoms with Crippen molar-refractivity contribution >= 4 is 39.6 Å². The fourth-order valence-electron chi connectivity index (χ4n) is 6.72. The highest BCUT2D eigenvalue weighted by molar-refractivity contribution is 6.05. The summed E-state index contributed by atoms with van der Waals surface area (Å²) in [5.74, 6) is -0.912. The molecule has 1 fully saturated rings. The van der Waals surface area contributed by atoms with Crippen LogP contribution in [0.15, 0.2) is 79.4 Å². The molecule has 13 heteroatoms. The Morgan fingerprint density at radius 2 is 1.63 bits per heavy atom. The Morgan fingerprint density at radius 3 is 2.39 bits per heavy atom. The second kappa shape index (κ2) is 15.0. The highest BCUT2D eigenvalue weighted by Gasteiger charge is 2.31. The van der Waals surface area contributed by atoms with Gasteiger partial charge in [0.1, 0.15) is 35.9 Å². The van der Waals surface area contributed by atoms with Gasteiger partial charge in [-0.2, -0.15) is 0 Å². The fourth-order valence-corrected chi connectivity index (χ4v) is 6.72. The second-order valence-corrected chi connectivity index (χ2v) is 12.7. The van der Waals surface area contributed by atoms with Crippen LogP contribution in [0.5, 0.6) is 5.75 Å². The number of hydrogen-bond donors (Lipinski definition) is 2. The molecule has 262 valence electrons. The number of fused-ring (bicyclic) bond motifs is 2. The summed E-state index contributed by atoms with van der Waals surface area (Å²) in [6.45, 7) is 0.981. The van der Waals surface area contributed by atoms with E-state index in [1.807, 2.05) is 0 Å². The number of ketones is 1. The summed E-state index contributed by atoms with van der Waals surface area (Å²) < 4.78 is 49.7. The van der Waals surface area contributed by atoms with Gasteiger partial charge in [-0.3, -0.25) is 9.59 Å². The number of imidazole rings is 1. The number of rotatable bonds is 14. The normalized spacial score (nSPS) is 14.4. The average molecular weight is 696 g/mol. The van der Waals surface area contributed by atoms with Crippen molar-refractivity contribution in [3.63, 3.8) is 0 Å². The molecule has 10 nitrogen and oxygen atoms in total. The largest absolute Gasteiger partial charge is 0.488 e. The van der Waals surface area contributed by atoms with E-state index >= 15 is 0 Å². The molecule has 0 spiro atoms. The van der Waals surface area contributed by atoms with E-state index in [2.05, 4.69) is 30.2 Å². The summed E-state index contributed by atoms with van der Waals surface area (Å²) in [7, 11) is 0. The lowest BCUT2D eigenvalue weighted by Gasteiger charge is -2.26. The summed E-state index contributed by atoms with van der Waals surface area (Å²) in [4.78, 5) is 45.7. The Hall–Kier alpha value is -5.72. The molecule has 1 saturated heterocycles. The van der Waals surface area contributed by atoms with Gasteiger partial charge in [-0.25, -0.2) is 28.1 Å². The third kappa shape index (κ3) is 7.57. The third-order valence-electron chi connectivity index (χ3n) is 9.25. The minimum absolute atomic E-state index is 0.115. The van der Waals surface area contributed by atoms with Crippen LogP contribution >= 0.6 is 0 Å². The third-order valence-corrected chi connectivity index (χ3v) is 9.25. The Morgan fingerprint density at radius 1 is 0.902 bits per heavy atom. The number of aryl methyl sites for hydroxylation is 1. The molecule has 51 heavy (non-hydrogen) atoms. The SMILES string of the molecule is O=C(CCCc1ccc(F)cc1)Cn1c(C(=O)NCCc2ccc(F)cc2)c(OC[C@H]2CCCN2c2ncnc3nc[nH]c23)c2cc(F)ccc21. The van der Waals surface area contributed by atoms with Crippen molar-refractivity contribution in [2.45, 2.75) is 51.1 Å². The molecule has 0 bridgehead atoms. The van der Waals surface area contributed by atoms with Crippen LogP contribution in [0.2, 0.25) is 0 Å². The highest BCUT2D eigenvalue weighted by Crippen LogP contribution is 2.36. The monoisotopic (exact) mass is 695 g/mol. The van der Waals surface area contributed by atoms with Gasteiger partial charge in [0.25, 0.3) is 5.91 Å². The van der Waals surface area contributed by atoms with Gasteiger partial charge in [0.15, 0.2) is 28.7 Å². The number of Topliss-reactive ketones (excluding diaryl/α,β-unsaturated/α-hetero) is 1. The number of nitrogens with one attached hydrogen (secondary N) is 2. The van der Waals surface area contributed by atoms with Gasteiger partial charge < -0.3 is 24.5 Å². The maximum absolute atomic E-state index is 14.8. The number of carbonyl (C=O) groups is 2. The first-order chi connectivity index (χ1) is 24.8. The summed E-state index contributed by atoms with van der Waals surface area (Å²) in [5, 5.41) is 3.31. The first kappa shape index (κ1) is 33.8. The molecule has 0 unspecified atom stereocenters. The smallest absolute Gasteiger partial charge is 0.271 e. The number of anilines is 1. The first-order valence-corrected chi connectivity index (χ1v) is 17.0. The van der Waals surface area contributed by atoms with Crippen LogP contribution in [0.3, 0.4) is 0 Å². The van der Waals surface area contributed by atoms with Gasteiger partial charge in [0.05, 0.1) is 24.4 Å². The molecule has 1 atom stereocenters. The number of aromatic nitrogens is 5. The molecule has 0 aliphatic carbocycles. The number of H-pyrrole nitrogens is 1. The van der Waals surface area contributed by atoms with Gasteiger partial charge in [0.2, 0.25) is 0 Å². The van der Waals surface area contributed by atoms with Crippen molar-refractivity contribution in [2.24, 2.45) is 0 Å². The van der Waals surface area contributed by atoms with Crippen LogP contribution in [-0.4, -0.2) is 61.9 Å². The van der Waals surface area contributed by atoms with Crippen molar-refractivity contribution < 1.29 is 27.5 Å². The van der Waals surface area contributed by atoms with E-state index in [0.29, 0.717) is 47.1 Å². The lowest BCUT2D eigenvalue weighted by Crippen LogP contribution is -2.35. The van der Waals surface area contributed by atoms with Crippen LogP contribution in [0.4, 0.5) is 19.0 Å². The van der Waals surface area contributed by atoms with Gasteiger partial charge >= 0.3 is 0 Å². The molecule has 6 aromatic rings. The minimum atomic E-state index is -0.511. The molecule has 1 amide bonds. The number of aromatic amines is 1. The maximum Gasteiger partial charge on any atom is 0.271 e. The number of nitrogens with zero attached hydrogens (tertiary/aromatic N) is 5. The van der Waals surface area contributed by atoms with E-state index in [1.54, 1.807) is 41.2 Å². The number of hydrogen-bond acceptors (Lipinski definition) is 7. The van der Waals surface area contributed by atoms with E-state index in [4.69, 9.17) is 4.74 Å². The molecule has 0 saturated carbocycles. The van der Waals surface area contributed by atoms with Crippen LogP contribution in [0.25, 0.3) is 22.1 Å². The van der Waals surface area contributed by atoms with Crippen LogP contribution in [0, 0.1) is 17.5 Å². The van der Waals surface area contributed by atoms with Crippen LogP contribution < -0.4 is 15.0 Å². The zero-order chi connectivity index (χ0) is 35.3. The maximum atomic E-state index is 14.8. The molecule has 1 aliphatic heterocycles. The van der Waals surface area contributed by atoms with Crippen LogP contribution in [-0.2, 0) is 24.2 Å². The first-order valence-electron chi connectivity index (χ1n) is 17.0. The molecule has 0 radical (unpaired) electrons. The summed E-state index contributed by atoms with van der Waals surface area (Å²) in [5.41, 5.74) is 3.61. The summed E-state index contributed by atoms with van der Waals surface area (Å²) in [6.07, 6.45) is 6.49. The minimum Gasteiger partial charge on any atom is -0.488 e. The number of halogens is 3. The Kier molecular flexibility index (Phi) is 9.95.